The molecule has 0 saturated heterocycles. The lowest BCUT2D eigenvalue weighted by molar-refractivity contribution is -0.149. The third-order valence-electron chi connectivity index (χ3n) is 4.40. The van der Waals surface area contributed by atoms with E-state index in [1.165, 1.54) is 0 Å². The molecule has 2 N–H and O–H groups in total. The molecule has 1 saturated carbocycles. The highest BCUT2D eigenvalue weighted by Gasteiger charge is 2.27. The van der Waals surface area contributed by atoms with Crippen LogP contribution < -0.4 is 10.6 Å². The number of carbonyl (C=O) groups excluding carboxylic acids is 1. The van der Waals surface area contributed by atoms with E-state index in [-0.39, 0.29) is 35.9 Å². The number of carbonyl (C=O) groups is 1. The van der Waals surface area contributed by atoms with Gasteiger partial charge in [0, 0.05) is 18.7 Å². The van der Waals surface area contributed by atoms with Crippen molar-refractivity contribution in [1.82, 2.24) is 15.8 Å². The molecule has 0 radical (unpaired) electrons. The second kappa shape index (κ2) is 12.1. The quantitative estimate of drug-likeness (QED) is 0.271. The zero-order valence-corrected chi connectivity index (χ0v) is 18.2. The number of nitrogens with one attached hydrogen (secondary N) is 2. The highest BCUT2D eigenvalue weighted by molar-refractivity contribution is 14.0. The van der Waals surface area contributed by atoms with Crippen LogP contribution in [-0.2, 0) is 22.5 Å². The van der Waals surface area contributed by atoms with Crippen molar-refractivity contribution in [2.45, 2.75) is 65.5 Å². The number of aliphatic imine (C=N–C) groups is 1. The van der Waals surface area contributed by atoms with E-state index >= 15 is 0 Å². The molecule has 0 atom stereocenters. The standard InChI is InChI=1S/C18H30N4O3.HI/c1-4-14-11-16(25-22-14)12-20-18(19-5-2)21-15-9-7-13(8-10-15)17(23)24-6-3;/h11,13,15H,4-10,12H2,1-3H3,(H2,19,20,21);1H. The van der Waals surface area contributed by atoms with Crippen molar-refractivity contribution in [2.75, 3.05) is 13.2 Å². The predicted molar refractivity (Wildman–Crippen MR) is 112 cm³/mol. The van der Waals surface area contributed by atoms with Gasteiger partial charge in [-0.1, -0.05) is 12.1 Å². The van der Waals surface area contributed by atoms with Gasteiger partial charge in [0.15, 0.2) is 11.7 Å². The van der Waals surface area contributed by atoms with Crippen LogP contribution in [0, 0.1) is 5.92 Å². The molecule has 2 rings (SSSR count). The average molecular weight is 478 g/mol. The summed E-state index contributed by atoms with van der Waals surface area (Å²) in [6, 6.07) is 2.27. The maximum Gasteiger partial charge on any atom is 0.308 e. The van der Waals surface area contributed by atoms with E-state index in [1.54, 1.807) is 0 Å². The van der Waals surface area contributed by atoms with Crippen LogP contribution in [0.3, 0.4) is 0 Å². The summed E-state index contributed by atoms with van der Waals surface area (Å²) in [6.45, 7) is 7.64. The first-order valence-electron chi connectivity index (χ1n) is 9.32. The van der Waals surface area contributed by atoms with Crippen molar-refractivity contribution in [3.63, 3.8) is 0 Å². The van der Waals surface area contributed by atoms with Crippen molar-refractivity contribution in [1.29, 1.82) is 0 Å². The van der Waals surface area contributed by atoms with E-state index < -0.39 is 0 Å². The van der Waals surface area contributed by atoms with Gasteiger partial charge in [-0.05, 0) is 46.0 Å². The van der Waals surface area contributed by atoms with Crippen molar-refractivity contribution >= 4 is 35.9 Å². The molecule has 0 spiro atoms. The summed E-state index contributed by atoms with van der Waals surface area (Å²) in [4.78, 5) is 16.4. The number of aromatic nitrogens is 1. The van der Waals surface area contributed by atoms with Crippen LogP contribution in [0.15, 0.2) is 15.6 Å². The fraction of sp³-hybridized carbons (Fsp3) is 0.722. The zero-order chi connectivity index (χ0) is 18.1. The predicted octanol–water partition coefficient (Wildman–Crippen LogP) is 3.03. The first kappa shape index (κ1) is 22.7. The van der Waals surface area contributed by atoms with Gasteiger partial charge in [-0.25, -0.2) is 4.99 Å². The minimum Gasteiger partial charge on any atom is -0.466 e. The van der Waals surface area contributed by atoms with Crippen molar-refractivity contribution in [2.24, 2.45) is 10.9 Å². The summed E-state index contributed by atoms with van der Waals surface area (Å²) in [6.07, 6.45) is 4.46. The number of ether oxygens (including phenoxy) is 1. The van der Waals surface area contributed by atoms with Crippen LogP contribution in [-0.4, -0.2) is 36.3 Å². The Bertz CT molecular complexity index is 569. The Morgan fingerprint density at radius 3 is 2.62 bits per heavy atom. The molecule has 7 nitrogen and oxygen atoms in total. The summed E-state index contributed by atoms with van der Waals surface area (Å²) in [5.74, 6) is 1.52. The van der Waals surface area contributed by atoms with E-state index in [4.69, 9.17) is 9.26 Å². The molecule has 148 valence electrons. The Morgan fingerprint density at radius 1 is 1.31 bits per heavy atom. The summed E-state index contributed by atoms with van der Waals surface area (Å²) in [5, 5.41) is 10.7. The first-order chi connectivity index (χ1) is 12.2. The molecule has 0 aliphatic heterocycles. The molecular weight excluding hydrogens is 447 g/mol. The van der Waals surface area contributed by atoms with Crippen molar-refractivity contribution in [3.8, 4) is 0 Å². The van der Waals surface area contributed by atoms with Crippen LogP contribution in [0.25, 0.3) is 0 Å². The van der Waals surface area contributed by atoms with Gasteiger partial charge >= 0.3 is 5.97 Å². The van der Waals surface area contributed by atoms with Crippen LogP contribution in [0.2, 0.25) is 0 Å². The fourth-order valence-electron chi connectivity index (χ4n) is 3.00. The summed E-state index contributed by atoms with van der Waals surface area (Å²) in [5.41, 5.74) is 0.945. The number of rotatable bonds is 7. The second-order valence-electron chi connectivity index (χ2n) is 6.28. The molecule has 0 unspecified atom stereocenters. The Balaban J connectivity index is 0.00000338. The van der Waals surface area contributed by atoms with E-state index in [1.807, 2.05) is 26.8 Å². The van der Waals surface area contributed by atoms with Crippen molar-refractivity contribution < 1.29 is 14.1 Å². The Morgan fingerprint density at radius 2 is 2.04 bits per heavy atom. The third-order valence-corrected chi connectivity index (χ3v) is 4.40. The van der Waals surface area contributed by atoms with Gasteiger partial charge < -0.3 is 19.9 Å². The Kier molecular flexibility index (Phi) is 10.6. The van der Waals surface area contributed by atoms with Gasteiger partial charge in [-0.2, -0.15) is 0 Å². The lowest BCUT2D eigenvalue weighted by atomic mass is 9.86. The molecule has 0 bridgehead atoms. The normalized spacial score (nSPS) is 20.2. The molecule has 1 aliphatic rings. The maximum absolute atomic E-state index is 11.8. The number of esters is 1. The summed E-state index contributed by atoms with van der Waals surface area (Å²) < 4.78 is 10.4. The lowest BCUT2D eigenvalue weighted by Gasteiger charge is -2.29. The number of nitrogens with zero attached hydrogens (tertiary/aromatic N) is 2. The molecule has 1 aromatic rings. The first-order valence-corrected chi connectivity index (χ1v) is 9.32. The van der Waals surface area contributed by atoms with Crippen LogP contribution >= 0.6 is 24.0 Å². The number of aryl methyl sites for hydroxylation is 1. The molecule has 1 aliphatic carbocycles. The van der Waals surface area contributed by atoms with Gasteiger partial charge in [0.05, 0.1) is 18.2 Å². The minimum absolute atomic E-state index is 0. The van der Waals surface area contributed by atoms with Crippen LogP contribution in [0.5, 0.6) is 0 Å². The number of hydrogen-bond acceptors (Lipinski definition) is 5. The molecular formula is C18H31IN4O3. The molecule has 1 fully saturated rings. The summed E-state index contributed by atoms with van der Waals surface area (Å²) >= 11 is 0. The second-order valence-corrected chi connectivity index (χ2v) is 6.28. The van der Waals surface area contributed by atoms with Gasteiger partial charge in [0.1, 0.15) is 6.54 Å². The molecule has 0 aromatic carbocycles. The fourth-order valence-corrected chi connectivity index (χ4v) is 3.00. The largest absolute Gasteiger partial charge is 0.466 e. The summed E-state index contributed by atoms with van der Waals surface area (Å²) in [7, 11) is 0. The molecule has 1 heterocycles. The monoisotopic (exact) mass is 478 g/mol. The molecule has 26 heavy (non-hydrogen) atoms. The zero-order valence-electron chi connectivity index (χ0n) is 15.9. The van der Waals surface area contributed by atoms with Gasteiger partial charge in [-0.3, -0.25) is 4.79 Å². The van der Waals surface area contributed by atoms with E-state index in [0.717, 1.165) is 56.1 Å². The molecule has 0 amide bonds. The van der Waals surface area contributed by atoms with Crippen LogP contribution in [0.1, 0.15) is 57.9 Å². The average Bonchev–Trinajstić information content (AvgIpc) is 3.09. The topological polar surface area (TPSA) is 88.8 Å². The van der Waals surface area contributed by atoms with Gasteiger partial charge in [-0.15, -0.1) is 24.0 Å². The van der Waals surface area contributed by atoms with E-state index in [0.29, 0.717) is 19.2 Å². The van der Waals surface area contributed by atoms with Crippen LogP contribution in [0.4, 0.5) is 0 Å². The number of guanidine groups is 1. The minimum atomic E-state index is -0.0569. The smallest absolute Gasteiger partial charge is 0.308 e. The highest BCUT2D eigenvalue weighted by Crippen LogP contribution is 2.25. The van der Waals surface area contributed by atoms with E-state index in [9.17, 15) is 4.79 Å². The van der Waals surface area contributed by atoms with Gasteiger partial charge in [0.25, 0.3) is 0 Å². The highest BCUT2D eigenvalue weighted by atomic mass is 127. The number of hydrogen-bond donors (Lipinski definition) is 2. The SMILES string of the molecule is CCNC(=NCc1cc(CC)no1)NC1CCC(C(=O)OCC)CC1.I. The lowest BCUT2D eigenvalue weighted by Crippen LogP contribution is -2.45. The van der Waals surface area contributed by atoms with E-state index in [2.05, 4.69) is 20.8 Å². The Labute approximate surface area is 172 Å². The maximum atomic E-state index is 11.8. The van der Waals surface area contributed by atoms with Crippen molar-refractivity contribution in [3.05, 3.63) is 17.5 Å². The molecule has 8 heteroatoms. The van der Waals surface area contributed by atoms with Gasteiger partial charge in [0.2, 0.25) is 0 Å². The number of halogens is 1. The molecule has 1 aromatic heterocycles. The Hall–Kier alpha value is -1.32. The third kappa shape index (κ3) is 7.13.